The zero-order chi connectivity index (χ0) is 14.8. The lowest BCUT2D eigenvalue weighted by molar-refractivity contribution is -0.00274. The average Bonchev–Trinajstić information content (AvgIpc) is 2.40. The number of aliphatic hydroxyl groups excluding tert-OH is 1. The van der Waals surface area contributed by atoms with Crippen molar-refractivity contribution in [1.82, 2.24) is 4.90 Å². The Bertz CT molecular complexity index is 296. The molecule has 1 aliphatic carbocycles. The standard InChI is InChI=1S/C18H35NO/c1-5-14-7-6-10-19(12-14)13-15-11-16(18(2,3)4)8-9-17(15)20/h14-17,20H,5-13H2,1-4H3. The topological polar surface area (TPSA) is 23.5 Å². The lowest BCUT2D eigenvalue weighted by Gasteiger charge is -2.43. The molecule has 0 spiro atoms. The second kappa shape index (κ2) is 6.79. The van der Waals surface area contributed by atoms with Crippen molar-refractivity contribution in [2.75, 3.05) is 19.6 Å². The molecule has 1 heterocycles. The van der Waals surface area contributed by atoms with Crippen LogP contribution < -0.4 is 0 Å². The van der Waals surface area contributed by atoms with Crippen LogP contribution in [0.3, 0.4) is 0 Å². The van der Waals surface area contributed by atoms with Crippen LogP contribution in [0.4, 0.5) is 0 Å². The maximum Gasteiger partial charge on any atom is 0.0580 e. The van der Waals surface area contributed by atoms with E-state index in [2.05, 4.69) is 32.6 Å². The number of rotatable bonds is 3. The molecular formula is C18H35NO. The van der Waals surface area contributed by atoms with Crippen molar-refractivity contribution >= 4 is 0 Å². The molecule has 1 saturated carbocycles. The molecule has 0 radical (unpaired) electrons. The molecule has 20 heavy (non-hydrogen) atoms. The van der Waals surface area contributed by atoms with Crippen LogP contribution in [0.25, 0.3) is 0 Å². The van der Waals surface area contributed by atoms with E-state index in [1.54, 1.807) is 0 Å². The van der Waals surface area contributed by atoms with Crippen LogP contribution in [0, 0.1) is 23.2 Å². The molecule has 1 N–H and O–H groups in total. The number of hydrogen-bond acceptors (Lipinski definition) is 2. The number of hydrogen-bond donors (Lipinski definition) is 1. The van der Waals surface area contributed by atoms with Crippen LogP contribution in [0.5, 0.6) is 0 Å². The van der Waals surface area contributed by atoms with Crippen LogP contribution in [0.1, 0.15) is 66.2 Å². The van der Waals surface area contributed by atoms with Gasteiger partial charge in [0.05, 0.1) is 6.10 Å². The fraction of sp³-hybridized carbons (Fsp3) is 1.00. The van der Waals surface area contributed by atoms with Gasteiger partial charge in [-0.3, -0.25) is 0 Å². The van der Waals surface area contributed by atoms with Crippen LogP contribution in [0.15, 0.2) is 0 Å². The van der Waals surface area contributed by atoms with Crippen molar-refractivity contribution in [2.45, 2.75) is 72.3 Å². The predicted octanol–water partition coefficient (Wildman–Crippen LogP) is 3.93. The molecule has 0 aromatic carbocycles. The smallest absolute Gasteiger partial charge is 0.0580 e. The molecule has 2 nitrogen and oxygen atoms in total. The van der Waals surface area contributed by atoms with E-state index < -0.39 is 0 Å². The van der Waals surface area contributed by atoms with E-state index in [4.69, 9.17) is 0 Å². The summed E-state index contributed by atoms with van der Waals surface area (Å²) in [7, 11) is 0. The Kier molecular flexibility index (Phi) is 5.53. The first-order valence-electron chi connectivity index (χ1n) is 8.80. The van der Waals surface area contributed by atoms with E-state index >= 15 is 0 Å². The van der Waals surface area contributed by atoms with E-state index in [9.17, 15) is 5.11 Å². The molecule has 4 atom stereocenters. The molecule has 2 heteroatoms. The minimum Gasteiger partial charge on any atom is -0.393 e. The van der Waals surface area contributed by atoms with E-state index in [1.807, 2.05) is 0 Å². The van der Waals surface area contributed by atoms with E-state index in [1.165, 1.54) is 45.2 Å². The Balaban J connectivity index is 1.89. The Hall–Kier alpha value is -0.0800. The zero-order valence-electron chi connectivity index (χ0n) is 14.1. The molecule has 2 aliphatic rings. The number of nitrogens with zero attached hydrogens (tertiary/aromatic N) is 1. The van der Waals surface area contributed by atoms with Gasteiger partial charge in [0.2, 0.25) is 0 Å². The monoisotopic (exact) mass is 281 g/mol. The van der Waals surface area contributed by atoms with Gasteiger partial charge >= 0.3 is 0 Å². The molecule has 0 aromatic rings. The van der Waals surface area contributed by atoms with Crippen LogP contribution in [-0.4, -0.2) is 35.7 Å². The summed E-state index contributed by atoms with van der Waals surface area (Å²) in [5, 5.41) is 10.4. The molecule has 0 aromatic heterocycles. The third-order valence-corrected chi connectivity index (χ3v) is 5.84. The SMILES string of the molecule is CCC1CCCN(CC2CC(C(C)(C)C)CCC2O)C1. The first-order valence-corrected chi connectivity index (χ1v) is 8.80. The van der Waals surface area contributed by atoms with Crippen molar-refractivity contribution < 1.29 is 5.11 Å². The van der Waals surface area contributed by atoms with Gasteiger partial charge in [-0.1, -0.05) is 34.1 Å². The summed E-state index contributed by atoms with van der Waals surface area (Å²) >= 11 is 0. The predicted molar refractivity (Wildman–Crippen MR) is 85.7 cm³/mol. The van der Waals surface area contributed by atoms with Crippen molar-refractivity contribution in [1.29, 1.82) is 0 Å². The molecule has 118 valence electrons. The van der Waals surface area contributed by atoms with E-state index in [0.717, 1.165) is 24.8 Å². The van der Waals surface area contributed by atoms with Gasteiger partial charge in [-0.15, -0.1) is 0 Å². The van der Waals surface area contributed by atoms with E-state index in [-0.39, 0.29) is 6.10 Å². The van der Waals surface area contributed by atoms with Gasteiger partial charge in [-0.25, -0.2) is 0 Å². The first-order chi connectivity index (χ1) is 9.40. The number of aliphatic hydroxyl groups is 1. The maximum atomic E-state index is 10.4. The van der Waals surface area contributed by atoms with Crippen molar-refractivity contribution in [3.05, 3.63) is 0 Å². The van der Waals surface area contributed by atoms with E-state index in [0.29, 0.717) is 11.3 Å². The zero-order valence-corrected chi connectivity index (χ0v) is 14.1. The highest BCUT2D eigenvalue weighted by molar-refractivity contribution is 4.87. The molecule has 1 aliphatic heterocycles. The molecule has 2 rings (SSSR count). The summed E-state index contributed by atoms with van der Waals surface area (Å²) in [5.41, 5.74) is 0.395. The van der Waals surface area contributed by atoms with Gasteiger partial charge in [0.15, 0.2) is 0 Å². The summed E-state index contributed by atoms with van der Waals surface area (Å²) in [4.78, 5) is 2.64. The summed E-state index contributed by atoms with van der Waals surface area (Å²) in [6, 6.07) is 0. The number of likely N-dealkylation sites (tertiary alicyclic amines) is 1. The summed E-state index contributed by atoms with van der Waals surface area (Å²) in [6.07, 6.45) is 7.45. The summed E-state index contributed by atoms with van der Waals surface area (Å²) in [6.45, 7) is 13.0. The lowest BCUT2D eigenvalue weighted by atomic mass is 9.68. The van der Waals surface area contributed by atoms with Crippen LogP contribution >= 0.6 is 0 Å². The van der Waals surface area contributed by atoms with Gasteiger partial charge in [0.25, 0.3) is 0 Å². The molecule has 0 amide bonds. The minimum atomic E-state index is -0.0596. The maximum absolute atomic E-state index is 10.4. The summed E-state index contributed by atoms with van der Waals surface area (Å²) in [5.74, 6) is 2.18. The summed E-state index contributed by atoms with van der Waals surface area (Å²) < 4.78 is 0. The Morgan fingerprint density at radius 1 is 1.15 bits per heavy atom. The van der Waals surface area contributed by atoms with Crippen LogP contribution in [0.2, 0.25) is 0 Å². The number of piperidine rings is 1. The lowest BCUT2D eigenvalue weighted by Crippen LogP contribution is -2.44. The molecule has 4 unspecified atom stereocenters. The minimum absolute atomic E-state index is 0.0596. The highest BCUT2D eigenvalue weighted by Crippen LogP contribution is 2.40. The quantitative estimate of drug-likeness (QED) is 0.847. The Morgan fingerprint density at radius 3 is 2.55 bits per heavy atom. The van der Waals surface area contributed by atoms with Crippen molar-refractivity contribution in [2.24, 2.45) is 23.2 Å². The van der Waals surface area contributed by atoms with Gasteiger partial charge in [0.1, 0.15) is 0 Å². The fourth-order valence-electron chi connectivity index (χ4n) is 4.21. The molecule has 0 bridgehead atoms. The second-order valence-corrected chi connectivity index (χ2v) is 8.38. The Labute approximate surface area is 125 Å². The van der Waals surface area contributed by atoms with Crippen molar-refractivity contribution in [3.63, 3.8) is 0 Å². The van der Waals surface area contributed by atoms with Gasteiger partial charge < -0.3 is 10.0 Å². The molecule has 1 saturated heterocycles. The average molecular weight is 281 g/mol. The third-order valence-electron chi connectivity index (χ3n) is 5.84. The molecular weight excluding hydrogens is 246 g/mol. The largest absolute Gasteiger partial charge is 0.393 e. The Morgan fingerprint density at radius 2 is 1.90 bits per heavy atom. The fourth-order valence-corrected chi connectivity index (χ4v) is 4.21. The highest BCUT2D eigenvalue weighted by Gasteiger charge is 2.36. The third kappa shape index (κ3) is 4.21. The van der Waals surface area contributed by atoms with Gasteiger partial charge in [0, 0.05) is 13.1 Å². The first kappa shape index (κ1) is 16.3. The molecule has 2 fully saturated rings. The van der Waals surface area contributed by atoms with Crippen LogP contribution in [-0.2, 0) is 0 Å². The highest BCUT2D eigenvalue weighted by atomic mass is 16.3. The normalized spacial score (nSPS) is 37.0. The second-order valence-electron chi connectivity index (χ2n) is 8.38. The van der Waals surface area contributed by atoms with Gasteiger partial charge in [-0.2, -0.15) is 0 Å². The van der Waals surface area contributed by atoms with Gasteiger partial charge in [-0.05, 0) is 61.8 Å². The van der Waals surface area contributed by atoms with Crippen molar-refractivity contribution in [3.8, 4) is 0 Å².